The number of carboxylic acids is 1. The molecule has 1 N–H and O–H groups in total. The van der Waals surface area contributed by atoms with Crippen LogP contribution in [0.5, 0.6) is 5.75 Å². The topological polar surface area (TPSA) is 111 Å². The minimum absolute atomic E-state index is 0.255. The number of nitrogens with zero attached hydrogens (tertiary/aromatic N) is 2. The van der Waals surface area contributed by atoms with E-state index in [1.807, 2.05) is 0 Å². The molecular weight excluding hydrogens is 302 g/mol. The third-order valence-corrected chi connectivity index (χ3v) is 3.52. The van der Waals surface area contributed by atoms with Gasteiger partial charge in [-0.15, -0.1) is 5.01 Å². The minimum atomic E-state index is -1.36. The van der Waals surface area contributed by atoms with Crippen molar-refractivity contribution in [3.05, 3.63) is 29.8 Å². The Hall–Kier alpha value is -2.90. The average Bonchev–Trinajstić information content (AvgIpc) is 2.74. The van der Waals surface area contributed by atoms with Crippen molar-refractivity contribution in [1.29, 1.82) is 0 Å². The van der Waals surface area contributed by atoms with E-state index in [0.717, 1.165) is 5.01 Å². The zero-order valence-electron chi connectivity index (χ0n) is 12.7. The predicted octanol–water partition coefficient (Wildman–Crippen LogP) is -0.130. The van der Waals surface area contributed by atoms with Gasteiger partial charge in [-0.3, -0.25) is 4.79 Å². The number of hydrazone groups is 1. The number of carbonyl (C=O) groups excluding carboxylic acids is 3. The molecule has 1 aromatic carbocycles. The molecule has 1 heterocycles. The summed E-state index contributed by atoms with van der Waals surface area (Å²) in [6.45, 7) is 2.80. The highest BCUT2D eigenvalue weighted by atomic mass is 16.5. The highest BCUT2D eigenvalue weighted by molar-refractivity contribution is 6.07. The van der Waals surface area contributed by atoms with Crippen LogP contribution >= 0.6 is 0 Å². The Bertz CT molecular complexity index is 673. The van der Waals surface area contributed by atoms with Gasteiger partial charge in [0.15, 0.2) is 0 Å². The maximum Gasteiger partial charge on any atom is 0.346 e. The second kappa shape index (κ2) is 6.47. The molecule has 0 aromatic heterocycles. The second-order valence-electron chi connectivity index (χ2n) is 5.18. The first-order chi connectivity index (χ1) is 10.9. The van der Waals surface area contributed by atoms with Gasteiger partial charge >= 0.3 is 6.03 Å². The molecular formula is C15H16N3O5-. The van der Waals surface area contributed by atoms with E-state index < -0.39 is 30.1 Å². The first kappa shape index (κ1) is 16.5. The summed E-state index contributed by atoms with van der Waals surface area (Å²) in [4.78, 5) is 34.5. The number of nitrogens with one attached hydrogen (secondary N) is 1. The van der Waals surface area contributed by atoms with Crippen LogP contribution in [0.1, 0.15) is 25.8 Å². The van der Waals surface area contributed by atoms with Crippen LogP contribution in [0, 0.1) is 0 Å². The number of imide groups is 1. The average molecular weight is 318 g/mol. The van der Waals surface area contributed by atoms with Gasteiger partial charge in [0.2, 0.25) is 0 Å². The monoisotopic (exact) mass is 318 g/mol. The van der Waals surface area contributed by atoms with Crippen LogP contribution < -0.4 is 15.2 Å². The molecule has 0 aliphatic carbocycles. The third-order valence-electron chi connectivity index (χ3n) is 3.52. The van der Waals surface area contributed by atoms with E-state index in [0.29, 0.717) is 12.0 Å². The van der Waals surface area contributed by atoms with Crippen molar-refractivity contribution < 1.29 is 24.2 Å². The summed E-state index contributed by atoms with van der Waals surface area (Å²) < 4.78 is 5.07. The molecule has 23 heavy (non-hydrogen) atoms. The van der Waals surface area contributed by atoms with Gasteiger partial charge in [-0.2, -0.15) is 5.10 Å². The highest BCUT2D eigenvalue weighted by Crippen LogP contribution is 2.21. The van der Waals surface area contributed by atoms with Crippen LogP contribution in [0.2, 0.25) is 0 Å². The summed E-state index contributed by atoms with van der Waals surface area (Å²) in [5.41, 5.74) is -0.543. The molecule has 1 atom stereocenters. The number of amides is 3. The molecule has 2 rings (SSSR count). The molecule has 0 bridgehead atoms. The number of rotatable bonds is 6. The fraction of sp³-hybridized carbons (Fsp3) is 0.333. The van der Waals surface area contributed by atoms with Crippen molar-refractivity contribution in [2.75, 3.05) is 6.61 Å². The lowest BCUT2D eigenvalue weighted by Gasteiger charge is -2.17. The predicted molar refractivity (Wildman–Crippen MR) is 78.6 cm³/mol. The van der Waals surface area contributed by atoms with Crippen LogP contribution in [-0.4, -0.2) is 41.3 Å². The van der Waals surface area contributed by atoms with E-state index in [4.69, 9.17) is 4.74 Å². The van der Waals surface area contributed by atoms with Gasteiger partial charge in [0.1, 0.15) is 17.9 Å². The number of benzene rings is 1. The number of ether oxygens (including phenoxy) is 1. The van der Waals surface area contributed by atoms with E-state index >= 15 is 0 Å². The molecule has 8 nitrogen and oxygen atoms in total. The van der Waals surface area contributed by atoms with Gasteiger partial charge in [-0.05, 0) is 25.5 Å². The van der Waals surface area contributed by atoms with Gasteiger partial charge in [0.25, 0.3) is 5.91 Å². The summed E-state index contributed by atoms with van der Waals surface area (Å²) in [6, 6.07) is 5.90. The number of carboxylic acid groups (broad SMARTS) is 1. The summed E-state index contributed by atoms with van der Waals surface area (Å²) in [5.74, 6) is -1.55. The van der Waals surface area contributed by atoms with Gasteiger partial charge in [0.05, 0.1) is 12.2 Å². The van der Waals surface area contributed by atoms with Crippen molar-refractivity contribution in [3.63, 3.8) is 0 Å². The van der Waals surface area contributed by atoms with E-state index in [9.17, 15) is 19.5 Å². The molecule has 0 radical (unpaired) electrons. The summed E-state index contributed by atoms with van der Waals surface area (Å²) in [7, 11) is 0. The Morgan fingerprint density at radius 1 is 1.43 bits per heavy atom. The molecule has 0 unspecified atom stereocenters. The lowest BCUT2D eigenvalue weighted by Crippen LogP contribution is -2.42. The SMILES string of the molecule is CC[C@@]1(C)NC(=O)N(/N=C\c2ccccc2OCC(=O)[O-])C1=O. The van der Waals surface area contributed by atoms with Gasteiger partial charge in [-0.25, -0.2) is 4.79 Å². The molecule has 0 saturated carbocycles. The fourth-order valence-electron chi connectivity index (χ4n) is 1.99. The van der Waals surface area contributed by atoms with Crippen LogP contribution in [0.15, 0.2) is 29.4 Å². The first-order valence-corrected chi connectivity index (χ1v) is 6.99. The van der Waals surface area contributed by atoms with E-state index in [1.165, 1.54) is 6.21 Å². The Labute approximate surface area is 132 Å². The van der Waals surface area contributed by atoms with Crippen LogP contribution in [0.25, 0.3) is 0 Å². The normalized spacial score (nSPS) is 20.9. The maximum absolute atomic E-state index is 12.2. The van der Waals surface area contributed by atoms with E-state index in [-0.39, 0.29) is 5.75 Å². The van der Waals surface area contributed by atoms with Crippen LogP contribution in [0.3, 0.4) is 0 Å². The maximum atomic E-state index is 12.2. The van der Waals surface area contributed by atoms with Gasteiger partial charge < -0.3 is 20.0 Å². The molecule has 0 spiro atoms. The summed E-state index contributed by atoms with van der Waals surface area (Å²) in [6.07, 6.45) is 1.71. The molecule has 122 valence electrons. The molecule has 3 amide bonds. The lowest BCUT2D eigenvalue weighted by molar-refractivity contribution is -0.307. The van der Waals surface area contributed by atoms with E-state index in [1.54, 1.807) is 38.1 Å². The summed E-state index contributed by atoms with van der Waals surface area (Å²) in [5, 5.41) is 17.7. The van der Waals surface area contributed by atoms with Gasteiger partial charge in [0, 0.05) is 5.56 Å². The number of urea groups is 1. The molecule has 1 saturated heterocycles. The zero-order valence-corrected chi connectivity index (χ0v) is 12.7. The van der Waals surface area contributed by atoms with Crippen LogP contribution in [-0.2, 0) is 9.59 Å². The lowest BCUT2D eigenvalue weighted by atomic mass is 10.00. The quantitative estimate of drug-likeness (QED) is 0.580. The number of para-hydroxylation sites is 1. The third kappa shape index (κ3) is 3.47. The summed E-state index contributed by atoms with van der Waals surface area (Å²) >= 11 is 0. The van der Waals surface area contributed by atoms with Crippen molar-refractivity contribution in [2.24, 2.45) is 5.10 Å². The van der Waals surface area contributed by atoms with Gasteiger partial charge in [-0.1, -0.05) is 19.1 Å². The Balaban J connectivity index is 2.19. The molecule has 1 aromatic rings. The smallest absolute Gasteiger partial charge is 0.346 e. The van der Waals surface area contributed by atoms with Crippen molar-refractivity contribution >= 4 is 24.1 Å². The van der Waals surface area contributed by atoms with E-state index in [2.05, 4.69) is 10.4 Å². The second-order valence-corrected chi connectivity index (χ2v) is 5.18. The number of hydrogen-bond donors (Lipinski definition) is 1. The zero-order chi connectivity index (χ0) is 17.0. The Morgan fingerprint density at radius 2 is 2.13 bits per heavy atom. The van der Waals surface area contributed by atoms with Crippen LogP contribution in [0.4, 0.5) is 4.79 Å². The van der Waals surface area contributed by atoms with Crippen molar-refractivity contribution in [1.82, 2.24) is 10.3 Å². The molecule has 1 fully saturated rings. The number of carbonyl (C=O) groups is 3. The number of hydrogen-bond acceptors (Lipinski definition) is 6. The molecule has 8 heteroatoms. The minimum Gasteiger partial charge on any atom is -0.546 e. The molecule has 1 aliphatic heterocycles. The first-order valence-electron chi connectivity index (χ1n) is 6.99. The fourth-order valence-corrected chi connectivity index (χ4v) is 1.99. The largest absolute Gasteiger partial charge is 0.546 e. The highest BCUT2D eigenvalue weighted by Gasteiger charge is 2.46. The van der Waals surface area contributed by atoms with Crippen molar-refractivity contribution in [3.8, 4) is 5.75 Å². The molecule has 1 aliphatic rings. The van der Waals surface area contributed by atoms with Crippen molar-refractivity contribution in [2.45, 2.75) is 25.8 Å². The standard InChI is InChI=1S/C15H17N3O5/c1-3-15(2)13(21)18(14(22)17-15)16-8-10-6-4-5-7-11(10)23-9-12(19)20/h4-8H,3,9H2,1-2H3,(H,17,22)(H,19,20)/p-1/b16-8-/t15-/m1/s1. The number of aliphatic carboxylic acids is 1. The Morgan fingerprint density at radius 3 is 2.74 bits per heavy atom. The Kier molecular flexibility index (Phi) is 4.63.